The van der Waals surface area contributed by atoms with Crippen LogP contribution in [0.4, 0.5) is 9.59 Å². The summed E-state index contributed by atoms with van der Waals surface area (Å²) in [5, 5.41) is 32.7. The molecule has 89 heavy (non-hydrogen) atoms. The fourth-order valence-corrected chi connectivity index (χ4v) is 12.9. The summed E-state index contributed by atoms with van der Waals surface area (Å²) >= 11 is 0. The SMILES string of the molecule is CC(C)(C)OC(=O)[C@@H](NC(=O)N[C@H](C(=O)N1C[C@H]2[C@@H]([C@H]1C(=O)NC(CC1CCC1)C(=O)C(N)=O)C2(C)C)C(C)(C)C)C(C)(C)C.CC(C)(C)[C@H](NC(=O)N[C@H](C(=O)N1C[C@H]2[C@@H]([C@H]1C(=O)NC(CC1CCC1)C(=O)C(N)=O)C2(C)C)C(C)(C)C)C(=O)O.O=CO. The van der Waals surface area contributed by atoms with Gasteiger partial charge in [-0.15, -0.1) is 0 Å². The van der Waals surface area contributed by atoms with Crippen molar-refractivity contribution in [2.24, 2.45) is 79.5 Å². The second-order valence-corrected chi connectivity index (χ2v) is 31.8. The number of nitrogens with one attached hydrogen (secondary N) is 6. The summed E-state index contributed by atoms with van der Waals surface area (Å²) in [5.74, 6) is -7.44. The maximum atomic E-state index is 14.3. The number of fused-ring (bicyclic) bond motifs is 2. The number of aliphatic carboxylic acids is 1. The molecule has 4 saturated carbocycles. The van der Waals surface area contributed by atoms with Crippen molar-refractivity contribution in [2.45, 2.75) is 237 Å². The number of hydrogen-bond acceptors (Lipinski definition) is 14. The van der Waals surface area contributed by atoms with Crippen LogP contribution in [0.1, 0.15) is 183 Å². The lowest BCUT2D eigenvalue weighted by atomic mass is 9.80. The van der Waals surface area contributed by atoms with Gasteiger partial charge in [0.05, 0.1) is 12.1 Å². The summed E-state index contributed by atoms with van der Waals surface area (Å²) in [6, 6.07) is -9.75. The van der Waals surface area contributed by atoms with Crippen LogP contribution in [0.3, 0.4) is 0 Å². The van der Waals surface area contributed by atoms with Crippen molar-refractivity contribution < 1.29 is 77.3 Å². The molecule has 0 aromatic rings. The van der Waals surface area contributed by atoms with Gasteiger partial charge in [-0.2, -0.15) is 0 Å². The van der Waals surface area contributed by atoms with Crippen molar-refractivity contribution in [3.05, 3.63) is 0 Å². The van der Waals surface area contributed by atoms with Crippen molar-refractivity contribution in [2.75, 3.05) is 13.1 Å². The van der Waals surface area contributed by atoms with Crippen molar-refractivity contribution in [1.29, 1.82) is 0 Å². The van der Waals surface area contributed by atoms with Gasteiger partial charge in [0, 0.05) is 13.1 Å². The van der Waals surface area contributed by atoms with Crippen molar-refractivity contribution in [1.82, 2.24) is 41.7 Å². The van der Waals surface area contributed by atoms with Gasteiger partial charge in [-0.3, -0.25) is 43.2 Å². The van der Waals surface area contributed by atoms with E-state index < -0.39 is 147 Å². The van der Waals surface area contributed by atoms with Crippen LogP contribution in [-0.4, -0.2) is 165 Å². The first-order valence-corrected chi connectivity index (χ1v) is 31.0. The molecule has 26 heteroatoms. The number of esters is 1. The van der Waals surface area contributed by atoms with Crippen LogP contribution in [0, 0.1) is 68.0 Å². The maximum absolute atomic E-state index is 14.3. The number of urea groups is 2. The van der Waals surface area contributed by atoms with E-state index in [1.807, 2.05) is 27.7 Å². The number of nitrogens with zero attached hydrogens (tertiary/aromatic N) is 2. The molecule has 2 aliphatic heterocycles. The average molecular weight is 1260 g/mol. The molecule has 0 aromatic heterocycles. The molecule has 0 aromatic carbocycles. The molecular weight excluding hydrogens is 1150 g/mol. The zero-order chi connectivity index (χ0) is 68.4. The molecule has 12 N–H and O–H groups in total. The molecule has 2 heterocycles. The van der Waals surface area contributed by atoms with Crippen LogP contribution in [0.5, 0.6) is 0 Å². The topological polar surface area (TPSA) is 402 Å². The molecule has 10 amide bonds. The van der Waals surface area contributed by atoms with E-state index in [0.29, 0.717) is 25.9 Å². The molecule has 26 nitrogen and oxygen atoms in total. The van der Waals surface area contributed by atoms with Gasteiger partial charge >= 0.3 is 24.0 Å². The Morgan fingerprint density at radius 3 is 1.06 bits per heavy atom. The highest BCUT2D eigenvalue weighted by atomic mass is 16.6. The van der Waals surface area contributed by atoms with Crippen LogP contribution in [0.25, 0.3) is 0 Å². The summed E-state index contributed by atoms with van der Waals surface area (Å²) in [7, 11) is 0. The lowest BCUT2D eigenvalue weighted by Gasteiger charge is -2.38. The zero-order valence-corrected chi connectivity index (χ0v) is 55.9. The highest BCUT2D eigenvalue weighted by molar-refractivity contribution is 6.38. The summed E-state index contributed by atoms with van der Waals surface area (Å²) in [6.45, 7) is 34.9. The van der Waals surface area contributed by atoms with Gasteiger partial charge in [0.15, 0.2) is 0 Å². The Balaban J connectivity index is 0.000000366. The molecule has 6 rings (SSSR count). The fraction of sp³-hybridized carbons (Fsp3) is 0.794. The Labute approximate surface area is 524 Å². The molecule has 0 bridgehead atoms. The molecule has 6 fully saturated rings. The van der Waals surface area contributed by atoms with E-state index in [1.54, 1.807) is 104 Å². The third-order valence-corrected chi connectivity index (χ3v) is 18.8. The highest BCUT2D eigenvalue weighted by Crippen LogP contribution is 2.66. The predicted octanol–water partition coefficient (Wildman–Crippen LogP) is 3.78. The molecule has 502 valence electrons. The standard InChI is InChI=1S/C33H55N5O7.C29H47N5O7.CH2O2/c1-30(2,3)23(36-29(44)37-24(31(4,5)6)28(43)45-32(7,8)9)27(42)38-16-18-20(33(18,10)11)21(38)26(41)35-19(22(39)25(34)40)15-17-13-12-14-17;1-27(2,3)20(32-26(41)33-21(25(39)40)28(4,5)6)24(38)34-13-15-17(29(15,7)8)18(34)23(37)31-16(19(35)22(30)36)12-14-10-9-11-14;2-1-3/h17-21,23-24H,12-16H2,1-11H3,(H2,34,40)(H,35,41)(H2,36,37,44);14-18,20-21H,9-13H2,1-8H3,(H2,30,36)(H,31,37)(H,39,40)(H2,32,33,41);1H,(H,2,3)/t18-,19?,20-,21-,23+,24+;15-,16?,17-,18-,20+,21+;/m00./s1. The molecular formula is C63H104N10O16. The van der Waals surface area contributed by atoms with Crippen LogP contribution < -0.4 is 43.4 Å². The first-order chi connectivity index (χ1) is 40.4. The molecule has 12 atom stereocenters. The molecule has 4 aliphatic carbocycles. The number of Topliss-reactive ketones (excluding diaryl/α,β-unsaturated/α-hetero) is 2. The Hall–Kier alpha value is -6.89. The summed E-state index contributed by atoms with van der Waals surface area (Å²) < 4.78 is 5.55. The quantitative estimate of drug-likeness (QED) is 0.0471. The van der Waals surface area contributed by atoms with Crippen molar-refractivity contribution >= 4 is 77.5 Å². The first kappa shape index (κ1) is 74.6. The number of nitrogens with two attached hydrogens (primary N) is 2. The summed E-state index contributed by atoms with van der Waals surface area (Å²) in [6.07, 6.45) is 6.33. The predicted molar refractivity (Wildman–Crippen MR) is 327 cm³/mol. The van der Waals surface area contributed by atoms with Crippen molar-refractivity contribution in [3.8, 4) is 0 Å². The average Bonchev–Trinajstić information content (AvgIpc) is 1.54. The first-order valence-electron chi connectivity index (χ1n) is 31.0. The normalized spacial score (nSPS) is 24.4. The number of primary amides is 2. The minimum atomic E-state index is -1.20. The van der Waals surface area contributed by atoms with Crippen LogP contribution in [0.2, 0.25) is 0 Å². The monoisotopic (exact) mass is 1260 g/mol. The second-order valence-electron chi connectivity index (χ2n) is 31.8. The third kappa shape index (κ3) is 18.4. The smallest absolute Gasteiger partial charge is 0.329 e. The van der Waals surface area contributed by atoms with Crippen LogP contribution in [-0.2, 0) is 57.5 Å². The largest absolute Gasteiger partial charge is 0.483 e. The van der Waals surface area contributed by atoms with E-state index in [9.17, 15) is 62.6 Å². The lowest BCUT2D eigenvalue weighted by molar-refractivity contribution is -0.160. The van der Waals surface area contributed by atoms with Crippen LogP contribution >= 0.6 is 0 Å². The maximum Gasteiger partial charge on any atom is 0.329 e. The molecule has 0 radical (unpaired) electrons. The van der Waals surface area contributed by atoms with Gasteiger partial charge in [-0.25, -0.2) is 19.2 Å². The number of ether oxygens (including phenoxy) is 1. The van der Waals surface area contributed by atoms with Gasteiger partial charge in [0.2, 0.25) is 35.2 Å². The number of ketones is 2. The van der Waals surface area contributed by atoms with Gasteiger partial charge in [-0.1, -0.05) is 149 Å². The number of hydrogen-bond donors (Lipinski definition) is 10. The van der Waals surface area contributed by atoms with Crippen molar-refractivity contribution in [3.63, 3.8) is 0 Å². The van der Waals surface area contributed by atoms with Gasteiger partial charge in [0.25, 0.3) is 18.3 Å². The molecule has 0 spiro atoms. The number of amides is 10. The highest BCUT2D eigenvalue weighted by Gasteiger charge is 2.71. The number of carboxylic acids is 1. The minimum Gasteiger partial charge on any atom is -0.483 e. The Morgan fingerprint density at radius 1 is 0.517 bits per heavy atom. The van der Waals surface area contributed by atoms with E-state index in [-0.39, 0.29) is 52.8 Å². The van der Waals surface area contributed by atoms with Crippen LogP contribution in [0.15, 0.2) is 0 Å². The van der Waals surface area contributed by atoms with E-state index in [0.717, 1.165) is 38.5 Å². The van der Waals surface area contributed by atoms with Gasteiger partial charge in [-0.05, 0) is 102 Å². The van der Waals surface area contributed by atoms with E-state index in [1.165, 1.54) is 9.80 Å². The Bertz CT molecular complexity index is 2720. The van der Waals surface area contributed by atoms with Gasteiger partial charge < -0.3 is 68.1 Å². The number of carbonyl (C=O) groups excluding carboxylic acids is 11. The second kappa shape index (κ2) is 27.7. The molecule has 2 saturated heterocycles. The number of piperidine rings is 2. The lowest BCUT2D eigenvalue weighted by Crippen LogP contribution is -2.63. The third-order valence-electron chi connectivity index (χ3n) is 18.8. The number of rotatable bonds is 20. The van der Waals surface area contributed by atoms with Gasteiger partial charge in [0.1, 0.15) is 41.9 Å². The number of carboxylic acid groups (broad SMARTS) is 2. The van der Waals surface area contributed by atoms with E-state index in [4.69, 9.17) is 26.1 Å². The number of likely N-dealkylation sites (tertiary alicyclic amines) is 2. The van der Waals surface area contributed by atoms with E-state index >= 15 is 0 Å². The fourth-order valence-electron chi connectivity index (χ4n) is 12.9. The van der Waals surface area contributed by atoms with E-state index in [2.05, 4.69) is 31.9 Å². The Kier molecular flexibility index (Phi) is 23.2. The zero-order valence-electron chi connectivity index (χ0n) is 55.9. The molecule has 2 unspecified atom stereocenters. The number of carbonyl (C=O) groups is 13. The Morgan fingerprint density at radius 2 is 0.809 bits per heavy atom. The summed E-state index contributed by atoms with van der Waals surface area (Å²) in [4.78, 5) is 167. The molecule has 6 aliphatic rings. The summed E-state index contributed by atoms with van der Waals surface area (Å²) in [5.41, 5.74) is 6.40. The minimum absolute atomic E-state index is 0.0471.